The second kappa shape index (κ2) is 6.83. The molecule has 2 N–H and O–H groups in total. The molecule has 1 aliphatic heterocycles. The van der Waals surface area contributed by atoms with E-state index in [0.29, 0.717) is 0 Å². The van der Waals surface area contributed by atoms with E-state index in [2.05, 4.69) is 0 Å². The molecule has 1 unspecified atom stereocenters. The first-order valence-electron chi connectivity index (χ1n) is 6.84. The molecule has 6 nitrogen and oxygen atoms in total. The number of aliphatic carboxylic acids is 1. The molecule has 7 heteroatoms. The lowest BCUT2D eigenvalue weighted by atomic mass is 10.0. The predicted molar refractivity (Wildman–Crippen MR) is 81.6 cm³/mol. The topological polar surface area (TPSA) is 94.9 Å². The van der Waals surface area contributed by atoms with E-state index >= 15 is 0 Å². The lowest BCUT2D eigenvalue weighted by molar-refractivity contribution is -0.148. The summed E-state index contributed by atoms with van der Waals surface area (Å²) in [6.45, 7) is 1.70. The van der Waals surface area contributed by atoms with Gasteiger partial charge in [-0.3, -0.25) is 9.59 Å². The van der Waals surface area contributed by atoms with Crippen LogP contribution >= 0.6 is 11.8 Å². The summed E-state index contributed by atoms with van der Waals surface area (Å²) >= 11 is 1.08. The van der Waals surface area contributed by atoms with Crippen molar-refractivity contribution in [3.8, 4) is 5.75 Å². The van der Waals surface area contributed by atoms with Gasteiger partial charge in [0.25, 0.3) is 0 Å². The maximum atomic E-state index is 12.1. The molecule has 2 atom stereocenters. The number of amides is 1. The molecule has 0 aliphatic carbocycles. The third-order valence-electron chi connectivity index (χ3n) is 3.48. The molecule has 0 radical (unpaired) electrons. The summed E-state index contributed by atoms with van der Waals surface area (Å²) in [7, 11) is 0. The van der Waals surface area contributed by atoms with Crippen LogP contribution in [-0.2, 0) is 20.8 Å². The van der Waals surface area contributed by atoms with Gasteiger partial charge < -0.3 is 15.1 Å². The fourth-order valence-corrected chi connectivity index (χ4v) is 3.43. The van der Waals surface area contributed by atoms with Crippen LogP contribution in [0, 0.1) is 0 Å². The van der Waals surface area contributed by atoms with Gasteiger partial charge in [0.1, 0.15) is 11.8 Å². The number of nitrogens with zero attached hydrogens (tertiary/aromatic N) is 1. The minimum absolute atomic E-state index is 0.0786. The Balaban J connectivity index is 2.11. The van der Waals surface area contributed by atoms with Crippen molar-refractivity contribution in [2.45, 2.75) is 31.1 Å². The molecule has 1 aromatic rings. The van der Waals surface area contributed by atoms with Crippen molar-refractivity contribution in [3.05, 3.63) is 29.8 Å². The second-order valence-corrected chi connectivity index (χ2v) is 6.68. The summed E-state index contributed by atoms with van der Waals surface area (Å²) in [4.78, 5) is 36.0. The minimum atomic E-state index is -1.07. The average molecular weight is 323 g/mol. The largest absolute Gasteiger partial charge is 0.508 e. The summed E-state index contributed by atoms with van der Waals surface area (Å²) in [5.41, 5.74) is 0.723. The zero-order valence-corrected chi connectivity index (χ0v) is 12.9. The number of thioether (sulfide) groups is 1. The van der Waals surface area contributed by atoms with Crippen LogP contribution in [0.1, 0.15) is 18.9 Å². The number of phenols is 1. The number of carboxylic acids is 1. The average Bonchev–Trinajstić information content (AvgIpc) is 2.77. The highest BCUT2D eigenvalue weighted by Gasteiger charge is 2.38. The van der Waals surface area contributed by atoms with Crippen LogP contribution in [0.5, 0.6) is 5.75 Å². The van der Waals surface area contributed by atoms with Crippen molar-refractivity contribution in [1.29, 1.82) is 0 Å². The number of carboxylic acid groups (broad SMARTS) is 1. The maximum Gasteiger partial charge on any atom is 0.326 e. The smallest absolute Gasteiger partial charge is 0.326 e. The highest BCUT2D eigenvalue weighted by molar-refractivity contribution is 8.14. The number of carbonyl (C=O) groups is 3. The lowest BCUT2D eigenvalue weighted by Gasteiger charge is -2.24. The summed E-state index contributed by atoms with van der Waals surface area (Å²) < 4.78 is 0. The quantitative estimate of drug-likeness (QED) is 0.847. The van der Waals surface area contributed by atoms with Crippen molar-refractivity contribution < 1.29 is 24.6 Å². The van der Waals surface area contributed by atoms with Gasteiger partial charge in [0.2, 0.25) is 5.91 Å². The van der Waals surface area contributed by atoms with E-state index in [9.17, 15) is 24.6 Å². The van der Waals surface area contributed by atoms with Crippen LogP contribution in [0.4, 0.5) is 0 Å². The van der Waals surface area contributed by atoms with Gasteiger partial charge in [-0.1, -0.05) is 23.9 Å². The molecule has 0 spiro atoms. The van der Waals surface area contributed by atoms with Crippen LogP contribution in [0.15, 0.2) is 24.3 Å². The molecule has 0 saturated carbocycles. The first-order valence-corrected chi connectivity index (χ1v) is 7.72. The van der Waals surface area contributed by atoms with Gasteiger partial charge in [0.05, 0.1) is 0 Å². The van der Waals surface area contributed by atoms with Crippen molar-refractivity contribution >= 4 is 28.8 Å². The molecule has 0 bridgehead atoms. The number of benzene rings is 1. The van der Waals surface area contributed by atoms with E-state index in [-0.39, 0.29) is 41.4 Å². The zero-order chi connectivity index (χ0) is 16.3. The van der Waals surface area contributed by atoms with Crippen molar-refractivity contribution in [1.82, 2.24) is 4.90 Å². The fraction of sp³-hybridized carbons (Fsp3) is 0.400. The molecule has 0 aromatic heterocycles. The van der Waals surface area contributed by atoms with E-state index in [1.165, 1.54) is 24.0 Å². The monoisotopic (exact) mass is 323 g/mol. The number of rotatable bonds is 5. The van der Waals surface area contributed by atoms with E-state index in [4.69, 9.17) is 0 Å². The first-order chi connectivity index (χ1) is 10.4. The summed E-state index contributed by atoms with van der Waals surface area (Å²) in [6.07, 6.45) is 0.350. The van der Waals surface area contributed by atoms with Gasteiger partial charge in [-0.15, -0.1) is 0 Å². The molecular formula is C15H17NO5S. The summed E-state index contributed by atoms with van der Waals surface area (Å²) in [6, 6.07) is 5.26. The Morgan fingerprint density at radius 1 is 1.36 bits per heavy atom. The Labute approximate surface area is 132 Å². The molecule has 118 valence electrons. The highest BCUT2D eigenvalue weighted by Crippen LogP contribution is 2.27. The van der Waals surface area contributed by atoms with Crippen LogP contribution in [0.25, 0.3) is 0 Å². The normalized spacial score (nSPS) is 19.2. The standard InChI is InChI=1S/C15H17NO5S/c1-9(17)22-12-7-14(19)16(8-12)13(15(20)21)6-10-2-4-11(18)5-3-10/h2-5,12-13,18H,6-8H2,1H3,(H,20,21)/t12?,13-/m0/s1. The Morgan fingerprint density at radius 2 is 2.00 bits per heavy atom. The maximum absolute atomic E-state index is 12.1. The van der Waals surface area contributed by atoms with Gasteiger partial charge >= 0.3 is 5.97 Å². The summed E-state index contributed by atoms with van der Waals surface area (Å²) in [5.74, 6) is -1.22. The van der Waals surface area contributed by atoms with Crippen LogP contribution < -0.4 is 0 Å². The van der Waals surface area contributed by atoms with Crippen LogP contribution in [0.3, 0.4) is 0 Å². The van der Waals surface area contributed by atoms with Crippen LogP contribution in [0.2, 0.25) is 0 Å². The Kier molecular flexibility index (Phi) is 5.07. The second-order valence-electron chi connectivity index (χ2n) is 5.21. The Morgan fingerprint density at radius 3 is 2.55 bits per heavy atom. The number of likely N-dealkylation sites (tertiary alicyclic amines) is 1. The molecule has 1 aromatic carbocycles. The summed E-state index contributed by atoms with van der Waals surface area (Å²) in [5, 5.41) is 18.4. The molecule has 22 heavy (non-hydrogen) atoms. The van der Waals surface area contributed by atoms with Gasteiger partial charge in [-0.05, 0) is 17.7 Å². The van der Waals surface area contributed by atoms with E-state index in [1.807, 2.05) is 0 Å². The van der Waals surface area contributed by atoms with E-state index in [0.717, 1.165) is 17.3 Å². The lowest BCUT2D eigenvalue weighted by Crippen LogP contribution is -2.43. The third-order valence-corrected chi connectivity index (χ3v) is 4.46. The van der Waals surface area contributed by atoms with Gasteiger partial charge in [-0.2, -0.15) is 0 Å². The minimum Gasteiger partial charge on any atom is -0.508 e. The molecule has 1 fully saturated rings. The number of aromatic hydroxyl groups is 1. The number of phenolic OH excluding ortho intramolecular Hbond substituents is 1. The van der Waals surface area contributed by atoms with Gasteiger partial charge in [0.15, 0.2) is 5.12 Å². The predicted octanol–water partition coefficient (Wildman–Crippen LogP) is 1.27. The van der Waals surface area contributed by atoms with Crippen molar-refractivity contribution in [2.75, 3.05) is 6.54 Å². The number of hydrogen-bond acceptors (Lipinski definition) is 5. The highest BCUT2D eigenvalue weighted by atomic mass is 32.2. The Bertz CT molecular complexity index is 586. The molecule has 1 aliphatic rings. The fourth-order valence-electron chi connectivity index (χ4n) is 2.50. The van der Waals surface area contributed by atoms with Gasteiger partial charge in [0, 0.05) is 31.6 Å². The number of carbonyl (C=O) groups excluding carboxylic acids is 2. The Hall–Kier alpha value is -2.02. The molecule has 2 rings (SSSR count). The zero-order valence-electron chi connectivity index (χ0n) is 12.1. The third kappa shape index (κ3) is 4.00. The number of hydrogen-bond donors (Lipinski definition) is 2. The first kappa shape index (κ1) is 16.4. The SMILES string of the molecule is CC(=O)SC1CC(=O)N([C@@H](Cc2ccc(O)cc2)C(=O)O)C1. The molecular weight excluding hydrogens is 306 g/mol. The molecule has 1 amide bonds. The van der Waals surface area contributed by atoms with Crippen molar-refractivity contribution in [3.63, 3.8) is 0 Å². The molecule has 1 saturated heterocycles. The van der Waals surface area contributed by atoms with Gasteiger partial charge in [-0.25, -0.2) is 4.79 Å². The van der Waals surface area contributed by atoms with Crippen LogP contribution in [-0.4, -0.2) is 49.9 Å². The van der Waals surface area contributed by atoms with Crippen molar-refractivity contribution in [2.24, 2.45) is 0 Å². The van der Waals surface area contributed by atoms with E-state index in [1.54, 1.807) is 12.1 Å². The van der Waals surface area contributed by atoms with E-state index < -0.39 is 12.0 Å². The molecule has 1 heterocycles.